The van der Waals surface area contributed by atoms with Gasteiger partial charge in [0.1, 0.15) is 0 Å². The SMILES string of the molecule is CCC(c1ccc(C(C)C)cc1)N1CCN(C(C)=O)CC1. The molecular formula is C18H28N2O. The van der Waals surface area contributed by atoms with Gasteiger partial charge in [-0.3, -0.25) is 9.69 Å². The Morgan fingerprint density at radius 2 is 1.57 bits per heavy atom. The van der Waals surface area contributed by atoms with Gasteiger partial charge < -0.3 is 4.90 Å². The van der Waals surface area contributed by atoms with Gasteiger partial charge in [-0.1, -0.05) is 45.0 Å². The molecule has 0 N–H and O–H groups in total. The highest BCUT2D eigenvalue weighted by Gasteiger charge is 2.24. The maximum Gasteiger partial charge on any atom is 0.219 e. The second-order valence-electron chi connectivity index (χ2n) is 6.29. The molecule has 3 heteroatoms. The third kappa shape index (κ3) is 3.85. The van der Waals surface area contributed by atoms with Crippen LogP contribution in [0.5, 0.6) is 0 Å². The van der Waals surface area contributed by atoms with E-state index in [1.165, 1.54) is 11.1 Å². The third-order valence-corrected chi connectivity index (χ3v) is 4.57. The normalized spacial score (nSPS) is 18.0. The van der Waals surface area contributed by atoms with E-state index in [1.807, 2.05) is 4.90 Å². The van der Waals surface area contributed by atoms with Gasteiger partial charge in [0.05, 0.1) is 0 Å². The van der Waals surface area contributed by atoms with Crippen LogP contribution in [-0.2, 0) is 4.79 Å². The van der Waals surface area contributed by atoms with Gasteiger partial charge in [0.2, 0.25) is 5.91 Å². The van der Waals surface area contributed by atoms with Gasteiger partial charge in [-0.2, -0.15) is 0 Å². The molecule has 3 nitrogen and oxygen atoms in total. The molecule has 1 heterocycles. The minimum absolute atomic E-state index is 0.198. The zero-order valence-corrected chi connectivity index (χ0v) is 13.8. The average molecular weight is 288 g/mol. The molecule has 1 aromatic rings. The van der Waals surface area contributed by atoms with E-state index in [9.17, 15) is 4.79 Å². The number of benzene rings is 1. The van der Waals surface area contributed by atoms with Crippen LogP contribution in [0.4, 0.5) is 0 Å². The third-order valence-electron chi connectivity index (χ3n) is 4.57. The molecule has 2 rings (SSSR count). The van der Waals surface area contributed by atoms with Crippen molar-refractivity contribution in [3.8, 4) is 0 Å². The number of hydrogen-bond acceptors (Lipinski definition) is 2. The summed E-state index contributed by atoms with van der Waals surface area (Å²) in [5, 5.41) is 0. The lowest BCUT2D eigenvalue weighted by molar-refractivity contribution is -0.130. The number of piperazine rings is 1. The van der Waals surface area contributed by atoms with Crippen LogP contribution in [0.3, 0.4) is 0 Å². The lowest BCUT2D eigenvalue weighted by Crippen LogP contribution is -2.49. The maximum absolute atomic E-state index is 11.4. The maximum atomic E-state index is 11.4. The van der Waals surface area contributed by atoms with Crippen LogP contribution in [-0.4, -0.2) is 41.9 Å². The van der Waals surface area contributed by atoms with Crippen LogP contribution in [0.25, 0.3) is 0 Å². The predicted octanol–water partition coefficient (Wildman–Crippen LogP) is 3.43. The highest BCUT2D eigenvalue weighted by Crippen LogP contribution is 2.27. The Kier molecular flexibility index (Phi) is 5.40. The van der Waals surface area contributed by atoms with Crippen molar-refractivity contribution in [1.29, 1.82) is 0 Å². The van der Waals surface area contributed by atoms with Crippen LogP contribution in [0.15, 0.2) is 24.3 Å². The number of nitrogens with zero attached hydrogens (tertiary/aromatic N) is 2. The summed E-state index contributed by atoms with van der Waals surface area (Å²) >= 11 is 0. The van der Waals surface area contributed by atoms with Gasteiger partial charge in [-0.25, -0.2) is 0 Å². The molecule has 0 aromatic heterocycles. The summed E-state index contributed by atoms with van der Waals surface area (Å²) in [5.41, 5.74) is 2.80. The van der Waals surface area contributed by atoms with Crippen molar-refractivity contribution >= 4 is 5.91 Å². The van der Waals surface area contributed by atoms with Crippen molar-refractivity contribution in [2.45, 2.75) is 46.1 Å². The summed E-state index contributed by atoms with van der Waals surface area (Å²) in [4.78, 5) is 15.9. The van der Waals surface area contributed by atoms with Crippen molar-refractivity contribution in [3.05, 3.63) is 35.4 Å². The average Bonchev–Trinajstić information content (AvgIpc) is 2.49. The second-order valence-corrected chi connectivity index (χ2v) is 6.29. The highest BCUT2D eigenvalue weighted by atomic mass is 16.2. The smallest absolute Gasteiger partial charge is 0.219 e. The number of rotatable bonds is 4. The Hall–Kier alpha value is -1.35. The zero-order valence-electron chi connectivity index (χ0n) is 13.8. The largest absolute Gasteiger partial charge is 0.340 e. The van der Waals surface area contributed by atoms with Gasteiger partial charge >= 0.3 is 0 Å². The number of amides is 1. The van der Waals surface area contributed by atoms with Crippen molar-refractivity contribution in [1.82, 2.24) is 9.80 Å². The first-order valence-electron chi connectivity index (χ1n) is 8.12. The summed E-state index contributed by atoms with van der Waals surface area (Å²) in [6, 6.07) is 9.55. The molecule has 1 aliphatic rings. The Labute approximate surface area is 128 Å². The van der Waals surface area contributed by atoms with Crippen molar-refractivity contribution in [3.63, 3.8) is 0 Å². The predicted molar refractivity (Wildman–Crippen MR) is 87.4 cm³/mol. The highest BCUT2D eigenvalue weighted by molar-refractivity contribution is 5.73. The van der Waals surface area contributed by atoms with Crippen LogP contribution in [0.2, 0.25) is 0 Å². The van der Waals surface area contributed by atoms with Gasteiger partial charge in [0.15, 0.2) is 0 Å². The molecule has 21 heavy (non-hydrogen) atoms. The second kappa shape index (κ2) is 7.08. The standard InChI is InChI=1S/C18H28N2O/c1-5-18(17-8-6-16(7-9-17)14(2)3)20-12-10-19(11-13-20)15(4)21/h6-9,14,18H,5,10-13H2,1-4H3. The molecule has 0 spiro atoms. The van der Waals surface area contributed by atoms with E-state index >= 15 is 0 Å². The molecule has 1 amide bonds. The van der Waals surface area contributed by atoms with Crippen molar-refractivity contribution < 1.29 is 4.79 Å². The van der Waals surface area contributed by atoms with E-state index < -0.39 is 0 Å². The Bertz CT molecular complexity index is 459. The Morgan fingerprint density at radius 3 is 2.00 bits per heavy atom. The van der Waals surface area contributed by atoms with Crippen LogP contribution in [0, 0.1) is 0 Å². The van der Waals surface area contributed by atoms with Gasteiger partial charge in [0, 0.05) is 39.1 Å². The Balaban J connectivity index is 2.04. The molecule has 0 bridgehead atoms. The fourth-order valence-electron chi connectivity index (χ4n) is 3.16. The van der Waals surface area contributed by atoms with E-state index in [-0.39, 0.29) is 5.91 Å². The molecule has 1 atom stereocenters. The van der Waals surface area contributed by atoms with E-state index in [1.54, 1.807) is 6.92 Å². The molecule has 1 unspecified atom stereocenters. The van der Waals surface area contributed by atoms with Gasteiger partial charge in [-0.05, 0) is 23.5 Å². The van der Waals surface area contributed by atoms with E-state index in [0.717, 1.165) is 32.6 Å². The number of carbonyl (C=O) groups is 1. The molecule has 1 fully saturated rings. The fraction of sp³-hybridized carbons (Fsp3) is 0.611. The Morgan fingerprint density at radius 1 is 1.05 bits per heavy atom. The molecule has 116 valence electrons. The minimum Gasteiger partial charge on any atom is -0.340 e. The van der Waals surface area contributed by atoms with E-state index in [0.29, 0.717) is 12.0 Å². The first-order valence-corrected chi connectivity index (χ1v) is 8.12. The summed E-state index contributed by atoms with van der Waals surface area (Å²) in [5.74, 6) is 0.780. The minimum atomic E-state index is 0.198. The van der Waals surface area contributed by atoms with Crippen LogP contribution < -0.4 is 0 Å². The van der Waals surface area contributed by atoms with Crippen molar-refractivity contribution in [2.75, 3.05) is 26.2 Å². The molecule has 0 saturated carbocycles. The first kappa shape index (κ1) is 16.0. The first-order chi connectivity index (χ1) is 10.0. The van der Waals surface area contributed by atoms with E-state index in [4.69, 9.17) is 0 Å². The quantitative estimate of drug-likeness (QED) is 0.847. The molecule has 1 aromatic carbocycles. The van der Waals surface area contributed by atoms with Crippen LogP contribution in [0.1, 0.15) is 57.2 Å². The fourth-order valence-corrected chi connectivity index (χ4v) is 3.16. The summed E-state index contributed by atoms with van der Waals surface area (Å²) in [6.07, 6.45) is 1.11. The number of hydrogen-bond donors (Lipinski definition) is 0. The van der Waals surface area contributed by atoms with Crippen LogP contribution >= 0.6 is 0 Å². The molecule has 0 radical (unpaired) electrons. The van der Waals surface area contributed by atoms with E-state index in [2.05, 4.69) is 49.9 Å². The summed E-state index contributed by atoms with van der Waals surface area (Å²) in [7, 11) is 0. The van der Waals surface area contributed by atoms with Crippen molar-refractivity contribution in [2.24, 2.45) is 0 Å². The molecule has 1 saturated heterocycles. The van der Waals surface area contributed by atoms with Gasteiger partial charge in [0.25, 0.3) is 0 Å². The monoisotopic (exact) mass is 288 g/mol. The van der Waals surface area contributed by atoms with Gasteiger partial charge in [-0.15, -0.1) is 0 Å². The zero-order chi connectivity index (χ0) is 15.4. The lowest BCUT2D eigenvalue weighted by Gasteiger charge is -2.39. The topological polar surface area (TPSA) is 23.6 Å². The summed E-state index contributed by atoms with van der Waals surface area (Å²) < 4.78 is 0. The molecule has 0 aliphatic carbocycles. The number of carbonyl (C=O) groups excluding carboxylic acids is 1. The summed E-state index contributed by atoms with van der Waals surface area (Å²) in [6.45, 7) is 12.0. The molecular weight excluding hydrogens is 260 g/mol. The lowest BCUT2D eigenvalue weighted by atomic mass is 9.97. The molecule has 1 aliphatic heterocycles.